The standard InChI is InChI=1S/C47H50N4O14/c1-27(40(53)48-5)49-41(54)28(2)50-42(55)36(51-30(4)52)29(3)61-47-39(65-46(59)34-24-16-9-17-25-34)38(64-45(58)33-22-14-8-15-23-33)37(63-44(57)32-20-12-7-13-21-32)35(62-47)26-60-43(56)31-18-10-6-11-19-31/h6-25,27-29,35-39,47H,26H2,1-5H3,(H,48,53)(H,49,54)(H,50,55)(H,51,52)/t27-,28-,29+,35+,36-,37+,38-,39+,47+/m0/s1. The number of carbonyl (C=O) groups excluding carboxylic acids is 8. The summed E-state index contributed by atoms with van der Waals surface area (Å²) in [5.41, 5.74) is 0.362. The van der Waals surface area contributed by atoms with Gasteiger partial charge in [-0.05, 0) is 69.3 Å². The van der Waals surface area contributed by atoms with Crippen molar-refractivity contribution in [3.8, 4) is 0 Å². The van der Waals surface area contributed by atoms with Crippen LogP contribution >= 0.6 is 0 Å². The number of esters is 4. The van der Waals surface area contributed by atoms with Gasteiger partial charge in [-0.15, -0.1) is 0 Å². The van der Waals surface area contributed by atoms with Crippen molar-refractivity contribution in [2.24, 2.45) is 0 Å². The molecule has 0 bridgehead atoms. The molecule has 342 valence electrons. The van der Waals surface area contributed by atoms with Crippen LogP contribution in [-0.2, 0) is 47.6 Å². The fraction of sp³-hybridized carbons (Fsp3) is 0.319. The van der Waals surface area contributed by atoms with E-state index in [1.807, 2.05) is 0 Å². The van der Waals surface area contributed by atoms with Crippen LogP contribution in [0.25, 0.3) is 0 Å². The van der Waals surface area contributed by atoms with Gasteiger partial charge < -0.3 is 49.7 Å². The van der Waals surface area contributed by atoms with E-state index >= 15 is 0 Å². The summed E-state index contributed by atoms with van der Waals surface area (Å²) in [6, 6.07) is 27.5. The van der Waals surface area contributed by atoms with E-state index in [0.29, 0.717) is 0 Å². The SMILES string of the molecule is CNC(=O)[C@H](C)NC(=O)[C@H](C)NC(=O)[C@@H](NC(C)=O)[C@@H](C)O[C@@H]1O[C@H](COC(=O)c2ccccc2)[C@@H](OC(=O)c2ccccc2)[C@H](OC(=O)c2ccccc2)[C@H]1OC(=O)c1ccccc1. The highest BCUT2D eigenvalue weighted by Crippen LogP contribution is 2.33. The van der Waals surface area contributed by atoms with Gasteiger partial charge >= 0.3 is 23.9 Å². The van der Waals surface area contributed by atoms with Crippen LogP contribution in [0.1, 0.15) is 69.1 Å². The Kier molecular flexibility index (Phi) is 17.4. The smallest absolute Gasteiger partial charge is 0.338 e. The lowest BCUT2D eigenvalue weighted by Gasteiger charge is -2.45. The summed E-state index contributed by atoms with van der Waals surface area (Å²) in [4.78, 5) is 106. The Hall–Kier alpha value is -7.44. The normalized spacial score (nSPS) is 19.6. The second-order valence-corrected chi connectivity index (χ2v) is 14.8. The maximum Gasteiger partial charge on any atom is 0.338 e. The number of nitrogens with one attached hydrogen (secondary N) is 4. The maximum absolute atomic E-state index is 14.0. The molecular weight excluding hydrogens is 845 g/mol. The minimum absolute atomic E-state index is 0.0534. The number of ether oxygens (including phenoxy) is 6. The average molecular weight is 895 g/mol. The molecule has 1 aliphatic rings. The molecule has 9 atom stereocenters. The topological polar surface area (TPSA) is 240 Å². The number of rotatable bonds is 18. The van der Waals surface area contributed by atoms with Gasteiger partial charge in [0.1, 0.15) is 30.8 Å². The van der Waals surface area contributed by atoms with Crippen LogP contribution in [0.2, 0.25) is 0 Å². The zero-order chi connectivity index (χ0) is 47.0. The van der Waals surface area contributed by atoms with E-state index in [1.165, 1.54) is 76.3 Å². The van der Waals surface area contributed by atoms with E-state index in [4.69, 9.17) is 28.4 Å². The summed E-state index contributed by atoms with van der Waals surface area (Å²) in [5.74, 6) is -6.41. The van der Waals surface area contributed by atoms with Crippen LogP contribution in [0, 0.1) is 0 Å². The predicted molar refractivity (Wildman–Crippen MR) is 230 cm³/mol. The largest absolute Gasteiger partial charge is 0.459 e. The lowest BCUT2D eigenvalue weighted by molar-refractivity contribution is -0.308. The van der Waals surface area contributed by atoms with E-state index in [9.17, 15) is 38.4 Å². The summed E-state index contributed by atoms with van der Waals surface area (Å²) in [6.07, 6.45) is -9.99. The van der Waals surface area contributed by atoms with Gasteiger partial charge in [0, 0.05) is 14.0 Å². The summed E-state index contributed by atoms with van der Waals surface area (Å²) in [5, 5.41) is 9.87. The molecule has 4 N–H and O–H groups in total. The van der Waals surface area contributed by atoms with Crippen LogP contribution < -0.4 is 21.3 Å². The first-order valence-corrected chi connectivity index (χ1v) is 20.6. The summed E-state index contributed by atoms with van der Waals surface area (Å²) >= 11 is 0. The van der Waals surface area contributed by atoms with Gasteiger partial charge in [0.05, 0.1) is 28.4 Å². The van der Waals surface area contributed by atoms with Crippen molar-refractivity contribution < 1.29 is 66.8 Å². The van der Waals surface area contributed by atoms with Gasteiger partial charge in [-0.25, -0.2) is 19.2 Å². The molecule has 4 aromatic carbocycles. The van der Waals surface area contributed by atoms with Crippen LogP contribution in [0.4, 0.5) is 0 Å². The molecular formula is C47H50N4O14. The quantitative estimate of drug-likeness (QED) is 0.0830. The van der Waals surface area contributed by atoms with Gasteiger partial charge in [-0.2, -0.15) is 0 Å². The minimum atomic E-state index is -1.82. The van der Waals surface area contributed by atoms with Crippen LogP contribution in [0.5, 0.6) is 0 Å². The summed E-state index contributed by atoms with van der Waals surface area (Å²) < 4.78 is 36.6. The zero-order valence-corrected chi connectivity index (χ0v) is 36.2. The molecule has 0 unspecified atom stereocenters. The molecule has 1 heterocycles. The molecule has 18 nitrogen and oxygen atoms in total. The van der Waals surface area contributed by atoms with Crippen molar-refractivity contribution in [3.05, 3.63) is 144 Å². The molecule has 0 spiro atoms. The van der Waals surface area contributed by atoms with Crippen molar-refractivity contribution in [2.45, 2.75) is 82.6 Å². The third kappa shape index (κ3) is 13.5. The minimum Gasteiger partial charge on any atom is -0.459 e. The molecule has 5 rings (SSSR count). The third-order valence-electron chi connectivity index (χ3n) is 9.95. The Morgan fingerprint density at radius 1 is 0.523 bits per heavy atom. The molecule has 65 heavy (non-hydrogen) atoms. The van der Waals surface area contributed by atoms with E-state index in [1.54, 1.807) is 72.8 Å². The Labute approximate surface area is 374 Å². The van der Waals surface area contributed by atoms with Crippen molar-refractivity contribution in [2.75, 3.05) is 13.7 Å². The highest BCUT2D eigenvalue weighted by molar-refractivity contribution is 5.94. The van der Waals surface area contributed by atoms with Crippen molar-refractivity contribution in [3.63, 3.8) is 0 Å². The number of benzene rings is 4. The molecule has 0 saturated carbocycles. The van der Waals surface area contributed by atoms with Crippen LogP contribution in [0.3, 0.4) is 0 Å². The van der Waals surface area contributed by atoms with Gasteiger partial charge in [0.2, 0.25) is 23.6 Å². The highest BCUT2D eigenvalue weighted by atomic mass is 16.7. The lowest BCUT2D eigenvalue weighted by atomic mass is 9.97. The average Bonchev–Trinajstić information content (AvgIpc) is 3.32. The van der Waals surface area contributed by atoms with E-state index < -0.39 is 109 Å². The van der Waals surface area contributed by atoms with Crippen molar-refractivity contribution in [1.29, 1.82) is 0 Å². The van der Waals surface area contributed by atoms with Crippen LogP contribution in [-0.4, -0.2) is 116 Å². The van der Waals surface area contributed by atoms with Crippen molar-refractivity contribution >= 4 is 47.5 Å². The predicted octanol–water partition coefficient (Wildman–Crippen LogP) is 2.91. The van der Waals surface area contributed by atoms with E-state index in [2.05, 4.69) is 21.3 Å². The molecule has 1 saturated heterocycles. The number of carbonyl (C=O) groups is 8. The fourth-order valence-corrected chi connectivity index (χ4v) is 6.53. The Morgan fingerprint density at radius 2 is 0.923 bits per heavy atom. The summed E-state index contributed by atoms with van der Waals surface area (Å²) in [7, 11) is 1.39. The van der Waals surface area contributed by atoms with Gasteiger partial charge in [-0.3, -0.25) is 19.2 Å². The number of amides is 4. The third-order valence-corrected chi connectivity index (χ3v) is 9.95. The molecule has 0 radical (unpaired) electrons. The van der Waals surface area contributed by atoms with Crippen molar-refractivity contribution in [1.82, 2.24) is 21.3 Å². The Bertz CT molecular complexity index is 2280. The summed E-state index contributed by atoms with van der Waals surface area (Å²) in [6.45, 7) is 4.66. The maximum atomic E-state index is 14.0. The number of likely N-dealkylation sites (N-methyl/N-ethyl adjacent to an activating group) is 1. The van der Waals surface area contributed by atoms with E-state index in [0.717, 1.165) is 6.92 Å². The van der Waals surface area contributed by atoms with Crippen LogP contribution in [0.15, 0.2) is 121 Å². The molecule has 4 aromatic rings. The lowest BCUT2D eigenvalue weighted by Crippen LogP contribution is -2.64. The Morgan fingerprint density at radius 3 is 1.37 bits per heavy atom. The fourth-order valence-electron chi connectivity index (χ4n) is 6.53. The first kappa shape index (κ1) is 48.6. The second-order valence-electron chi connectivity index (χ2n) is 14.8. The molecule has 4 amide bonds. The first-order valence-electron chi connectivity index (χ1n) is 20.6. The van der Waals surface area contributed by atoms with E-state index in [-0.39, 0.29) is 22.3 Å². The molecule has 18 heteroatoms. The Balaban J connectivity index is 1.56. The van der Waals surface area contributed by atoms with Gasteiger partial charge in [-0.1, -0.05) is 72.8 Å². The molecule has 1 fully saturated rings. The van der Waals surface area contributed by atoms with Gasteiger partial charge in [0.15, 0.2) is 24.6 Å². The molecule has 0 aromatic heterocycles. The first-order chi connectivity index (χ1) is 31.2. The zero-order valence-electron chi connectivity index (χ0n) is 36.2. The van der Waals surface area contributed by atoms with Gasteiger partial charge in [0.25, 0.3) is 0 Å². The number of hydrogen-bond donors (Lipinski definition) is 4. The second kappa shape index (κ2) is 23.3. The molecule has 1 aliphatic heterocycles. The highest BCUT2D eigenvalue weighted by Gasteiger charge is 2.54. The molecule has 0 aliphatic carbocycles. The monoisotopic (exact) mass is 894 g/mol. The number of hydrogen-bond acceptors (Lipinski definition) is 14.